The Morgan fingerprint density at radius 3 is 2.50 bits per heavy atom. The average Bonchev–Trinajstić information content (AvgIpc) is 3.17. The second-order valence-corrected chi connectivity index (χ2v) is 5.79. The third kappa shape index (κ3) is 3.95. The highest BCUT2D eigenvalue weighted by Gasteiger charge is 2.32. The van der Waals surface area contributed by atoms with E-state index in [4.69, 9.17) is 5.73 Å². The minimum absolute atomic E-state index is 0.335. The zero-order valence-corrected chi connectivity index (χ0v) is 11.6. The van der Waals surface area contributed by atoms with Crippen LogP contribution in [0.4, 0.5) is 0 Å². The van der Waals surface area contributed by atoms with Crippen molar-refractivity contribution in [2.75, 3.05) is 26.2 Å². The van der Waals surface area contributed by atoms with Gasteiger partial charge in [-0.1, -0.05) is 13.3 Å². The van der Waals surface area contributed by atoms with Crippen LogP contribution in [-0.4, -0.2) is 54.0 Å². The molecule has 104 valence electrons. The Labute approximate surface area is 110 Å². The van der Waals surface area contributed by atoms with Crippen LogP contribution in [0.25, 0.3) is 0 Å². The third-order valence-corrected chi connectivity index (χ3v) is 4.05. The number of carbonyl (C=O) groups is 1. The Balaban J connectivity index is 1.77. The summed E-state index contributed by atoms with van der Waals surface area (Å²) in [5, 5.41) is 0. The molecule has 4 heteroatoms. The molecule has 1 aliphatic heterocycles. The summed E-state index contributed by atoms with van der Waals surface area (Å²) in [4.78, 5) is 16.7. The number of nitrogens with zero attached hydrogens (tertiary/aromatic N) is 2. The number of hydrogen-bond acceptors (Lipinski definition) is 3. The van der Waals surface area contributed by atoms with E-state index in [1.807, 2.05) is 0 Å². The van der Waals surface area contributed by atoms with E-state index >= 15 is 0 Å². The van der Waals surface area contributed by atoms with Gasteiger partial charge in [-0.05, 0) is 32.1 Å². The first-order valence-electron chi connectivity index (χ1n) is 7.48. The van der Waals surface area contributed by atoms with Crippen molar-refractivity contribution in [1.82, 2.24) is 9.80 Å². The second kappa shape index (κ2) is 6.53. The lowest BCUT2D eigenvalue weighted by atomic mass is 10.1. The lowest BCUT2D eigenvalue weighted by molar-refractivity contribution is -0.133. The van der Waals surface area contributed by atoms with E-state index in [0.717, 1.165) is 45.3 Å². The Morgan fingerprint density at radius 2 is 1.94 bits per heavy atom. The van der Waals surface area contributed by atoms with Crippen LogP contribution < -0.4 is 5.73 Å². The summed E-state index contributed by atoms with van der Waals surface area (Å²) in [6.07, 6.45) is 6.78. The molecular weight excluding hydrogens is 226 g/mol. The topological polar surface area (TPSA) is 49.6 Å². The van der Waals surface area contributed by atoms with E-state index in [0.29, 0.717) is 24.5 Å². The molecule has 2 N–H and O–H groups in total. The molecule has 2 aliphatic rings. The Kier molecular flexibility index (Phi) is 5.01. The number of carbonyl (C=O) groups excluding carboxylic acids is 1. The summed E-state index contributed by atoms with van der Waals surface area (Å²) in [7, 11) is 0. The van der Waals surface area contributed by atoms with Gasteiger partial charge in [0.2, 0.25) is 5.91 Å². The van der Waals surface area contributed by atoms with Crippen LogP contribution in [0.3, 0.4) is 0 Å². The van der Waals surface area contributed by atoms with Gasteiger partial charge in [0.25, 0.3) is 0 Å². The largest absolute Gasteiger partial charge is 0.339 e. The Hall–Kier alpha value is -0.610. The number of unbranched alkanes of at least 4 members (excludes halogenated alkanes) is 1. The van der Waals surface area contributed by atoms with Crippen molar-refractivity contribution in [2.45, 2.75) is 57.5 Å². The summed E-state index contributed by atoms with van der Waals surface area (Å²) >= 11 is 0. The lowest BCUT2D eigenvalue weighted by Crippen LogP contribution is -2.46. The van der Waals surface area contributed by atoms with Gasteiger partial charge in [-0.2, -0.15) is 0 Å². The molecule has 0 spiro atoms. The highest BCUT2D eigenvalue weighted by Crippen LogP contribution is 2.27. The molecule has 0 unspecified atom stereocenters. The number of likely N-dealkylation sites (tertiary alicyclic amines) is 1. The molecular formula is C14H27N3O. The first-order valence-corrected chi connectivity index (χ1v) is 7.48. The highest BCUT2D eigenvalue weighted by atomic mass is 16.2. The first-order chi connectivity index (χ1) is 8.70. The van der Waals surface area contributed by atoms with E-state index < -0.39 is 0 Å². The van der Waals surface area contributed by atoms with Crippen LogP contribution in [0.15, 0.2) is 0 Å². The molecule has 1 heterocycles. The van der Waals surface area contributed by atoms with Crippen LogP contribution in [0.5, 0.6) is 0 Å². The molecule has 0 aromatic heterocycles. The second-order valence-electron chi connectivity index (χ2n) is 5.79. The minimum atomic E-state index is 0.335. The van der Waals surface area contributed by atoms with Gasteiger partial charge in [-0.3, -0.25) is 9.69 Å². The van der Waals surface area contributed by atoms with Gasteiger partial charge in [0, 0.05) is 31.7 Å². The van der Waals surface area contributed by atoms with E-state index in [2.05, 4.69) is 16.7 Å². The smallest absolute Gasteiger partial charge is 0.236 e. The summed E-state index contributed by atoms with van der Waals surface area (Å²) in [5.41, 5.74) is 5.89. The van der Waals surface area contributed by atoms with E-state index in [9.17, 15) is 4.79 Å². The molecule has 1 saturated heterocycles. The Bertz CT molecular complexity index is 270. The molecule has 0 aromatic rings. The standard InChI is InChI=1S/C14H27N3O/c1-2-3-8-17(13-4-5-13)14(18)11-16-9-6-12(15)7-10-16/h12-13H,2-11,15H2,1H3. The Morgan fingerprint density at radius 1 is 1.28 bits per heavy atom. The number of amides is 1. The molecule has 4 nitrogen and oxygen atoms in total. The van der Waals surface area contributed by atoms with Gasteiger partial charge >= 0.3 is 0 Å². The molecule has 0 radical (unpaired) electrons. The quantitative estimate of drug-likeness (QED) is 0.774. The molecule has 1 aliphatic carbocycles. The van der Waals surface area contributed by atoms with Gasteiger partial charge in [0.1, 0.15) is 0 Å². The molecule has 2 fully saturated rings. The summed E-state index contributed by atoms with van der Waals surface area (Å²) in [6, 6.07) is 0.895. The van der Waals surface area contributed by atoms with Crippen molar-refractivity contribution in [3.8, 4) is 0 Å². The summed E-state index contributed by atoms with van der Waals surface area (Å²) < 4.78 is 0. The highest BCUT2D eigenvalue weighted by molar-refractivity contribution is 5.79. The van der Waals surface area contributed by atoms with Gasteiger partial charge < -0.3 is 10.6 Å². The average molecular weight is 253 g/mol. The predicted octanol–water partition coefficient (Wildman–Crippen LogP) is 1.20. The van der Waals surface area contributed by atoms with E-state index in [1.54, 1.807) is 0 Å². The summed E-state index contributed by atoms with van der Waals surface area (Å²) in [5.74, 6) is 0.335. The van der Waals surface area contributed by atoms with Crippen molar-refractivity contribution < 1.29 is 4.79 Å². The number of nitrogens with two attached hydrogens (primary N) is 1. The van der Waals surface area contributed by atoms with Gasteiger partial charge in [0.05, 0.1) is 6.54 Å². The van der Waals surface area contributed by atoms with Gasteiger partial charge in [-0.15, -0.1) is 0 Å². The third-order valence-electron chi connectivity index (χ3n) is 4.05. The zero-order chi connectivity index (χ0) is 13.0. The van der Waals surface area contributed by atoms with Crippen LogP contribution in [0.2, 0.25) is 0 Å². The van der Waals surface area contributed by atoms with Crippen molar-refractivity contribution in [3.05, 3.63) is 0 Å². The normalized spacial score (nSPS) is 22.1. The number of rotatable bonds is 6. The maximum atomic E-state index is 12.3. The molecule has 1 saturated carbocycles. The fraction of sp³-hybridized carbons (Fsp3) is 0.929. The van der Waals surface area contributed by atoms with Crippen LogP contribution in [0, 0.1) is 0 Å². The lowest BCUT2D eigenvalue weighted by Gasteiger charge is -2.32. The monoisotopic (exact) mass is 253 g/mol. The number of hydrogen-bond donors (Lipinski definition) is 1. The van der Waals surface area contributed by atoms with Gasteiger partial charge in [0.15, 0.2) is 0 Å². The molecule has 0 aromatic carbocycles. The maximum Gasteiger partial charge on any atom is 0.236 e. The van der Waals surface area contributed by atoms with Crippen LogP contribution in [0.1, 0.15) is 45.4 Å². The van der Waals surface area contributed by atoms with Crippen LogP contribution >= 0.6 is 0 Å². The summed E-state index contributed by atoms with van der Waals surface area (Å²) in [6.45, 7) is 5.71. The molecule has 1 amide bonds. The van der Waals surface area contributed by atoms with Crippen molar-refractivity contribution in [1.29, 1.82) is 0 Å². The van der Waals surface area contributed by atoms with Crippen molar-refractivity contribution in [3.63, 3.8) is 0 Å². The maximum absolute atomic E-state index is 12.3. The minimum Gasteiger partial charge on any atom is -0.339 e. The van der Waals surface area contributed by atoms with Crippen molar-refractivity contribution in [2.24, 2.45) is 5.73 Å². The molecule has 18 heavy (non-hydrogen) atoms. The zero-order valence-electron chi connectivity index (χ0n) is 11.6. The fourth-order valence-corrected chi connectivity index (χ4v) is 2.62. The SMILES string of the molecule is CCCCN(C(=O)CN1CCC(N)CC1)C1CC1. The predicted molar refractivity (Wildman–Crippen MR) is 73.3 cm³/mol. The van der Waals surface area contributed by atoms with E-state index in [-0.39, 0.29) is 0 Å². The number of piperidine rings is 1. The molecule has 0 atom stereocenters. The van der Waals surface area contributed by atoms with E-state index in [1.165, 1.54) is 12.8 Å². The fourth-order valence-electron chi connectivity index (χ4n) is 2.62. The molecule has 2 rings (SSSR count). The first kappa shape index (κ1) is 13.8. The van der Waals surface area contributed by atoms with Crippen LogP contribution in [-0.2, 0) is 4.79 Å². The van der Waals surface area contributed by atoms with Crippen molar-refractivity contribution >= 4 is 5.91 Å². The van der Waals surface area contributed by atoms with Gasteiger partial charge in [-0.25, -0.2) is 0 Å². The molecule has 0 bridgehead atoms.